The van der Waals surface area contributed by atoms with Crippen LogP contribution in [0.2, 0.25) is 24.7 Å². The molecule has 0 saturated heterocycles. The van der Waals surface area contributed by atoms with Gasteiger partial charge in [0.1, 0.15) is 0 Å². The van der Waals surface area contributed by atoms with Gasteiger partial charge in [-0.25, -0.2) is 0 Å². The summed E-state index contributed by atoms with van der Waals surface area (Å²) in [6.07, 6.45) is 1.15. The van der Waals surface area contributed by atoms with Gasteiger partial charge in [-0.3, -0.25) is 0 Å². The van der Waals surface area contributed by atoms with Crippen molar-refractivity contribution in [1.29, 1.82) is 0 Å². The summed E-state index contributed by atoms with van der Waals surface area (Å²) in [7, 11) is -0.983. The molecule has 0 aliphatic heterocycles. The first-order valence-electron chi connectivity index (χ1n) is 5.19. The van der Waals surface area contributed by atoms with Crippen LogP contribution in [0.3, 0.4) is 0 Å². The first kappa shape index (κ1) is 13.1. The summed E-state index contributed by atoms with van der Waals surface area (Å²) < 4.78 is 5.23. The van der Waals surface area contributed by atoms with Crippen molar-refractivity contribution < 1.29 is 9.84 Å². The number of hydrogen-bond acceptors (Lipinski definition) is 2. The number of aliphatic hydroxyl groups excluding tert-OH is 1. The van der Waals surface area contributed by atoms with E-state index in [1.165, 1.54) is 6.04 Å². The normalized spacial score (nSPS) is 12.5. The first-order valence-corrected chi connectivity index (χ1v) is 8.47. The molecule has 0 unspecified atom stereocenters. The highest BCUT2D eigenvalue weighted by molar-refractivity contribution is 6.78. The van der Waals surface area contributed by atoms with Crippen molar-refractivity contribution in [3.8, 4) is 0 Å². The van der Waals surface area contributed by atoms with Crippen LogP contribution in [0.4, 0.5) is 0 Å². The van der Waals surface area contributed by atoms with Gasteiger partial charge in [-0.2, -0.15) is 0 Å². The maximum atomic E-state index is 8.50. The summed E-state index contributed by atoms with van der Waals surface area (Å²) in [5.41, 5.74) is 0.852. The smallest absolute Gasteiger partial charge is 0.0697 e. The Labute approximate surface area is 83.3 Å². The highest BCUT2D eigenvalue weighted by Gasteiger charge is 2.23. The minimum Gasteiger partial charge on any atom is -0.394 e. The Bertz CT molecular complexity index is 124. The van der Waals surface area contributed by atoms with Crippen molar-refractivity contribution in [1.82, 2.24) is 0 Å². The van der Waals surface area contributed by atoms with Crippen LogP contribution in [0, 0.1) is 0 Å². The highest BCUT2D eigenvalue weighted by atomic mass is 28.3. The van der Waals surface area contributed by atoms with Crippen LogP contribution in [-0.4, -0.2) is 33.0 Å². The monoisotopic (exact) mass is 204 g/mol. The van der Waals surface area contributed by atoms with E-state index in [0.717, 1.165) is 18.6 Å². The van der Waals surface area contributed by atoms with Gasteiger partial charge in [0.05, 0.1) is 13.2 Å². The van der Waals surface area contributed by atoms with Crippen molar-refractivity contribution >= 4 is 8.07 Å². The standard InChI is InChI=1S/C10H24O2Si/c1-10(2)13(3,4)9-5-7-12-8-6-11/h10-11H,5-9H2,1-4H3. The maximum Gasteiger partial charge on any atom is 0.0697 e. The first-order chi connectivity index (χ1) is 6.00. The zero-order valence-electron chi connectivity index (χ0n) is 9.47. The Hall–Kier alpha value is 0.137. The lowest BCUT2D eigenvalue weighted by atomic mass is 10.5. The molecule has 0 radical (unpaired) electrons. The van der Waals surface area contributed by atoms with E-state index in [-0.39, 0.29) is 6.61 Å². The van der Waals surface area contributed by atoms with Crippen molar-refractivity contribution in [2.45, 2.75) is 44.9 Å². The molecule has 0 bridgehead atoms. The molecule has 0 aromatic heterocycles. The van der Waals surface area contributed by atoms with Crippen LogP contribution < -0.4 is 0 Å². The van der Waals surface area contributed by atoms with Gasteiger partial charge in [0.25, 0.3) is 0 Å². The molecule has 0 fully saturated rings. The van der Waals surface area contributed by atoms with Crippen molar-refractivity contribution in [2.75, 3.05) is 19.8 Å². The molecule has 0 aliphatic rings. The molecule has 0 atom stereocenters. The van der Waals surface area contributed by atoms with E-state index in [1.807, 2.05) is 0 Å². The van der Waals surface area contributed by atoms with Crippen LogP contribution >= 0.6 is 0 Å². The molecule has 0 aromatic rings. The fourth-order valence-electron chi connectivity index (χ4n) is 1.09. The second-order valence-corrected chi connectivity index (χ2v) is 10.2. The lowest BCUT2D eigenvalue weighted by Gasteiger charge is -2.26. The molecular weight excluding hydrogens is 180 g/mol. The Balaban J connectivity index is 3.41. The topological polar surface area (TPSA) is 29.5 Å². The number of ether oxygens (including phenoxy) is 1. The lowest BCUT2D eigenvalue weighted by molar-refractivity contribution is 0.0926. The molecule has 0 spiro atoms. The number of hydrogen-bond donors (Lipinski definition) is 1. The van der Waals surface area contributed by atoms with E-state index in [9.17, 15) is 0 Å². The molecule has 0 saturated carbocycles. The maximum absolute atomic E-state index is 8.50. The molecule has 2 nitrogen and oxygen atoms in total. The van der Waals surface area contributed by atoms with Gasteiger partial charge in [-0.1, -0.05) is 38.5 Å². The van der Waals surface area contributed by atoms with Crippen LogP contribution in [0.1, 0.15) is 20.3 Å². The van der Waals surface area contributed by atoms with Crippen molar-refractivity contribution in [3.63, 3.8) is 0 Å². The van der Waals surface area contributed by atoms with Gasteiger partial charge in [0, 0.05) is 14.7 Å². The third-order valence-electron chi connectivity index (χ3n) is 2.91. The summed E-state index contributed by atoms with van der Waals surface area (Å²) in [4.78, 5) is 0. The molecule has 0 heterocycles. The van der Waals surface area contributed by atoms with E-state index in [4.69, 9.17) is 9.84 Å². The van der Waals surface area contributed by atoms with Crippen LogP contribution in [0.25, 0.3) is 0 Å². The fourth-order valence-corrected chi connectivity index (χ4v) is 2.72. The summed E-state index contributed by atoms with van der Waals surface area (Å²) >= 11 is 0. The van der Waals surface area contributed by atoms with Gasteiger partial charge in [-0.15, -0.1) is 0 Å². The SMILES string of the molecule is CC(C)[Si](C)(C)CCCOCCO. The Morgan fingerprint density at radius 1 is 1.23 bits per heavy atom. The van der Waals surface area contributed by atoms with Crippen LogP contribution in [0.5, 0.6) is 0 Å². The average Bonchev–Trinajstić information content (AvgIpc) is 2.03. The summed E-state index contributed by atoms with van der Waals surface area (Å²) in [5, 5.41) is 8.50. The fraction of sp³-hybridized carbons (Fsp3) is 1.00. The van der Waals surface area contributed by atoms with Crippen LogP contribution in [0.15, 0.2) is 0 Å². The highest BCUT2D eigenvalue weighted by Crippen LogP contribution is 2.25. The summed E-state index contributed by atoms with van der Waals surface area (Å²) in [6.45, 7) is 11.0. The molecule has 1 N–H and O–H groups in total. The minimum atomic E-state index is -0.983. The second-order valence-electron chi connectivity index (χ2n) is 4.58. The van der Waals surface area contributed by atoms with E-state index in [0.29, 0.717) is 6.61 Å². The average molecular weight is 204 g/mol. The minimum absolute atomic E-state index is 0.144. The molecule has 0 aromatic carbocycles. The zero-order valence-corrected chi connectivity index (χ0v) is 10.5. The predicted octanol–water partition coefficient (Wildman–Crippen LogP) is 2.50. The van der Waals surface area contributed by atoms with Crippen LogP contribution in [-0.2, 0) is 4.74 Å². The lowest BCUT2D eigenvalue weighted by Crippen LogP contribution is -2.29. The molecule has 0 aliphatic carbocycles. The van der Waals surface area contributed by atoms with E-state index in [1.54, 1.807) is 0 Å². The van der Waals surface area contributed by atoms with E-state index in [2.05, 4.69) is 26.9 Å². The van der Waals surface area contributed by atoms with Gasteiger partial charge in [-0.05, 0) is 6.42 Å². The Kier molecular flexibility index (Phi) is 6.64. The van der Waals surface area contributed by atoms with Gasteiger partial charge >= 0.3 is 0 Å². The van der Waals surface area contributed by atoms with E-state index >= 15 is 0 Å². The number of aliphatic hydroxyl groups is 1. The summed E-state index contributed by atoms with van der Waals surface area (Å²) in [5.74, 6) is 0. The second kappa shape index (κ2) is 6.57. The molecule has 13 heavy (non-hydrogen) atoms. The predicted molar refractivity (Wildman–Crippen MR) is 59.9 cm³/mol. The summed E-state index contributed by atoms with van der Waals surface area (Å²) in [6, 6.07) is 1.33. The largest absolute Gasteiger partial charge is 0.394 e. The zero-order chi connectivity index (χ0) is 10.3. The van der Waals surface area contributed by atoms with Crippen molar-refractivity contribution in [3.05, 3.63) is 0 Å². The molecule has 0 amide bonds. The quantitative estimate of drug-likeness (QED) is 0.510. The van der Waals surface area contributed by atoms with Gasteiger partial charge in [0.2, 0.25) is 0 Å². The van der Waals surface area contributed by atoms with Gasteiger partial charge in [0.15, 0.2) is 0 Å². The Morgan fingerprint density at radius 2 is 1.85 bits per heavy atom. The Morgan fingerprint density at radius 3 is 2.31 bits per heavy atom. The number of rotatable bonds is 7. The van der Waals surface area contributed by atoms with E-state index < -0.39 is 8.07 Å². The molecule has 80 valence electrons. The third kappa shape index (κ3) is 6.24. The van der Waals surface area contributed by atoms with Gasteiger partial charge < -0.3 is 9.84 Å². The van der Waals surface area contributed by atoms with Crippen molar-refractivity contribution in [2.24, 2.45) is 0 Å². The molecule has 0 rings (SSSR count). The molecule has 3 heteroatoms. The third-order valence-corrected chi connectivity index (χ3v) is 7.68. The molecular formula is C10H24O2Si.